The number of nitrogens with zero attached hydrogens (tertiary/aromatic N) is 3. The van der Waals surface area contributed by atoms with Crippen LogP contribution in [-0.4, -0.2) is 66.6 Å². The minimum absolute atomic E-state index is 0.128. The van der Waals surface area contributed by atoms with E-state index in [-0.39, 0.29) is 17.6 Å². The number of hydrogen-bond donors (Lipinski definition) is 2. The first-order valence-corrected chi connectivity index (χ1v) is 7.22. The number of hydrogen-bond acceptors (Lipinski definition) is 5. The molecule has 1 fully saturated rings. The first kappa shape index (κ1) is 14.2. The van der Waals surface area contributed by atoms with Gasteiger partial charge in [-0.3, -0.25) is 4.90 Å². The third-order valence-corrected chi connectivity index (χ3v) is 5.00. The maximum Gasteiger partial charge on any atom is 0.213 e. The van der Waals surface area contributed by atoms with Gasteiger partial charge in [-0.2, -0.15) is 4.31 Å². The van der Waals surface area contributed by atoms with Gasteiger partial charge in [0.25, 0.3) is 0 Å². The first-order chi connectivity index (χ1) is 7.92. The number of rotatable bonds is 4. The van der Waals surface area contributed by atoms with Crippen LogP contribution in [0.2, 0.25) is 0 Å². The van der Waals surface area contributed by atoms with Gasteiger partial charge < -0.3 is 10.9 Å². The van der Waals surface area contributed by atoms with Gasteiger partial charge in [0.2, 0.25) is 10.0 Å². The van der Waals surface area contributed by atoms with E-state index in [1.54, 1.807) is 6.92 Å². The highest BCUT2D eigenvalue weighted by atomic mass is 32.2. The molecule has 17 heavy (non-hydrogen) atoms. The minimum atomic E-state index is -3.10. The van der Waals surface area contributed by atoms with Crippen molar-refractivity contribution in [1.29, 1.82) is 0 Å². The molecule has 0 spiro atoms. The van der Waals surface area contributed by atoms with Crippen molar-refractivity contribution in [2.45, 2.75) is 19.9 Å². The van der Waals surface area contributed by atoms with Gasteiger partial charge in [-0.05, 0) is 13.8 Å². The van der Waals surface area contributed by atoms with Gasteiger partial charge in [-0.1, -0.05) is 5.16 Å². The predicted molar refractivity (Wildman–Crippen MR) is 65.5 cm³/mol. The molecule has 1 saturated heterocycles. The van der Waals surface area contributed by atoms with Crippen molar-refractivity contribution in [3.63, 3.8) is 0 Å². The van der Waals surface area contributed by atoms with Crippen molar-refractivity contribution in [3.8, 4) is 0 Å². The molecule has 0 amide bonds. The Bertz CT molecular complexity index is 374. The van der Waals surface area contributed by atoms with Crippen LogP contribution in [0.25, 0.3) is 0 Å². The summed E-state index contributed by atoms with van der Waals surface area (Å²) in [6, 6.07) is -0.175. The summed E-state index contributed by atoms with van der Waals surface area (Å²) < 4.78 is 24.8. The van der Waals surface area contributed by atoms with Crippen LogP contribution in [0.4, 0.5) is 0 Å². The summed E-state index contributed by atoms with van der Waals surface area (Å²) in [6.45, 7) is 5.57. The second-order valence-corrected chi connectivity index (χ2v) is 6.29. The lowest BCUT2D eigenvalue weighted by atomic mass is 10.2. The van der Waals surface area contributed by atoms with Crippen LogP contribution in [0.1, 0.15) is 13.8 Å². The predicted octanol–water partition coefficient (Wildman–Crippen LogP) is -0.911. The molecule has 0 aromatic carbocycles. The fourth-order valence-electron chi connectivity index (χ4n) is 1.82. The molecule has 0 saturated carbocycles. The highest BCUT2D eigenvalue weighted by molar-refractivity contribution is 7.89. The highest BCUT2D eigenvalue weighted by Crippen LogP contribution is 2.10. The molecule has 0 aromatic rings. The molecular formula is C9H20N4O3S. The molecule has 1 rings (SSSR count). The number of nitrogens with two attached hydrogens (primary N) is 1. The second kappa shape index (κ2) is 5.65. The Morgan fingerprint density at radius 3 is 2.35 bits per heavy atom. The van der Waals surface area contributed by atoms with E-state index in [0.717, 1.165) is 0 Å². The van der Waals surface area contributed by atoms with E-state index >= 15 is 0 Å². The number of piperazine rings is 1. The molecule has 0 aliphatic carbocycles. The van der Waals surface area contributed by atoms with Gasteiger partial charge in [0, 0.05) is 26.2 Å². The van der Waals surface area contributed by atoms with Crippen LogP contribution < -0.4 is 5.73 Å². The topological polar surface area (TPSA) is 99.2 Å². The molecule has 8 heteroatoms. The summed E-state index contributed by atoms with van der Waals surface area (Å²) in [5, 5.41) is 11.6. The van der Waals surface area contributed by atoms with E-state index in [1.807, 2.05) is 11.8 Å². The molecule has 0 aromatic heterocycles. The van der Waals surface area contributed by atoms with E-state index in [9.17, 15) is 8.42 Å². The third-order valence-electron chi connectivity index (χ3n) is 3.12. The van der Waals surface area contributed by atoms with Crippen molar-refractivity contribution in [1.82, 2.24) is 9.21 Å². The zero-order valence-electron chi connectivity index (χ0n) is 10.2. The molecule has 3 N–H and O–H groups in total. The van der Waals surface area contributed by atoms with E-state index in [0.29, 0.717) is 26.2 Å². The van der Waals surface area contributed by atoms with E-state index < -0.39 is 10.0 Å². The Hall–Kier alpha value is -0.860. The van der Waals surface area contributed by atoms with Crippen molar-refractivity contribution in [3.05, 3.63) is 0 Å². The zero-order valence-corrected chi connectivity index (χ0v) is 11.0. The average molecular weight is 264 g/mol. The SMILES string of the molecule is CCS(=O)(=O)N1CCN(C(C)C(N)=NO)CC1. The van der Waals surface area contributed by atoms with Gasteiger partial charge in [-0.15, -0.1) is 0 Å². The molecule has 0 radical (unpaired) electrons. The summed E-state index contributed by atoms with van der Waals surface area (Å²) in [5.41, 5.74) is 5.52. The monoisotopic (exact) mass is 264 g/mol. The van der Waals surface area contributed by atoms with Crippen molar-refractivity contribution >= 4 is 15.9 Å². The summed E-state index contributed by atoms with van der Waals surface area (Å²) in [5.74, 6) is 0.278. The van der Waals surface area contributed by atoms with Crippen LogP contribution in [0.3, 0.4) is 0 Å². The maximum atomic E-state index is 11.6. The van der Waals surface area contributed by atoms with Crippen LogP contribution in [0.5, 0.6) is 0 Å². The van der Waals surface area contributed by atoms with Crippen LogP contribution >= 0.6 is 0 Å². The summed E-state index contributed by atoms with van der Waals surface area (Å²) in [4.78, 5) is 2.00. The average Bonchev–Trinajstić information content (AvgIpc) is 2.37. The normalized spacial score (nSPS) is 22.6. The van der Waals surface area contributed by atoms with Crippen molar-refractivity contribution in [2.75, 3.05) is 31.9 Å². The molecular weight excluding hydrogens is 244 g/mol. The second-order valence-electron chi connectivity index (χ2n) is 4.04. The number of amidine groups is 1. The van der Waals surface area contributed by atoms with E-state index in [1.165, 1.54) is 4.31 Å². The van der Waals surface area contributed by atoms with Crippen LogP contribution in [0, 0.1) is 0 Å². The Morgan fingerprint density at radius 1 is 1.41 bits per heavy atom. The van der Waals surface area contributed by atoms with Gasteiger partial charge in [0.1, 0.15) is 0 Å². The Morgan fingerprint density at radius 2 is 1.94 bits per heavy atom. The lowest BCUT2D eigenvalue weighted by Crippen LogP contribution is -2.54. The minimum Gasteiger partial charge on any atom is -0.409 e. The van der Waals surface area contributed by atoms with Gasteiger partial charge >= 0.3 is 0 Å². The molecule has 1 unspecified atom stereocenters. The third kappa shape index (κ3) is 3.30. The van der Waals surface area contributed by atoms with Crippen molar-refractivity contribution < 1.29 is 13.6 Å². The first-order valence-electron chi connectivity index (χ1n) is 5.61. The quantitative estimate of drug-likeness (QED) is 0.296. The van der Waals surface area contributed by atoms with Gasteiger partial charge in [0.15, 0.2) is 5.84 Å². The fourth-order valence-corrected chi connectivity index (χ4v) is 2.91. The molecule has 1 aliphatic heterocycles. The number of sulfonamides is 1. The van der Waals surface area contributed by atoms with Crippen LogP contribution in [0.15, 0.2) is 5.16 Å². The Kier molecular flexibility index (Phi) is 4.72. The molecule has 1 aliphatic rings. The van der Waals surface area contributed by atoms with E-state index in [2.05, 4.69) is 5.16 Å². The van der Waals surface area contributed by atoms with Gasteiger partial charge in [0.05, 0.1) is 11.8 Å². The maximum absolute atomic E-state index is 11.6. The molecule has 1 atom stereocenters. The number of oxime groups is 1. The molecule has 7 nitrogen and oxygen atoms in total. The van der Waals surface area contributed by atoms with Crippen LogP contribution in [-0.2, 0) is 10.0 Å². The molecule has 0 bridgehead atoms. The van der Waals surface area contributed by atoms with Gasteiger partial charge in [-0.25, -0.2) is 8.42 Å². The zero-order chi connectivity index (χ0) is 13.1. The highest BCUT2D eigenvalue weighted by Gasteiger charge is 2.28. The smallest absolute Gasteiger partial charge is 0.213 e. The standard InChI is InChI=1S/C9H20N4O3S/c1-3-17(15,16)13-6-4-12(5-7-13)8(2)9(10)11-14/h8,14H,3-7H2,1-2H3,(H2,10,11). The van der Waals surface area contributed by atoms with Crippen molar-refractivity contribution in [2.24, 2.45) is 10.9 Å². The van der Waals surface area contributed by atoms with E-state index in [4.69, 9.17) is 10.9 Å². The fraction of sp³-hybridized carbons (Fsp3) is 0.889. The molecule has 1 heterocycles. The lowest BCUT2D eigenvalue weighted by molar-refractivity contribution is 0.171. The Labute approximate surface area is 102 Å². The largest absolute Gasteiger partial charge is 0.409 e. The summed E-state index contributed by atoms with van der Waals surface area (Å²) >= 11 is 0. The lowest BCUT2D eigenvalue weighted by Gasteiger charge is -2.36. The molecule has 100 valence electrons. The summed E-state index contributed by atoms with van der Waals surface area (Å²) in [6.07, 6.45) is 0. The Balaban J connectivity index is 2.57. The summed E-state index contributed by atoms with van der Waals surface area (Å²) in [7, 11) is -3.10.